The Hall–Kier alpha value is -3.03. The first-order valence-corrected chi connectivity index (χ1v) is 11.5. The van der Waals surface area contributed by atoms with E-state index in [0.717, 1.165) is 23.3 Å². The van der Waals surface area contributed by atoms with E-state index >= 15 is 0 Å². The minimum absolute atomic E-state index is 0.112. The van der Waals surface area contributed by atoms with Crippen molar-refractivity contribution in [2.24, 2.45) is 0 Å². The summed E-state index contributed by atoms with van der Waals surface area (Å²) < 4.78 is 41.5. The van der Waals surface area contributed by atoms with Crippen LogP contribution in [0.2, 0.25) is 0 Å². The van der Waals surface area contributed by atoms with Gasteiger partial charge < -0.3 is 5.32 Å². The Bertz CT molecular complexity index is 1090. The van der Waals surface area contributed by atoms with Gasteiger partial charge in [-0.3, -0.25) is 4.79 Å². The number of carbonyl (C=O) groups excluding carboxylic acids is 1. The topological polar surface area (TPSA) is 66.5 Å². The van der Waals surface area contributed by atoms with Crippen LogP contribution in [0.3, 0.4) is 0 Å². The summed E-state index contributed by atoms with van der Waals surface area (Å²) >= 11 is 0. The smallest absolute Gasteiger partial charge is 0.255 e. The van der Waals surface area contributed by atoms with Crippen molar-refractivity contribution in [2.45, 2.75) is 24.8 Å². The molecule has 0 bridgehead atoms. The summed E-state index contributed by atoms with van der Waals surface area (Å²) in [7, 11) is -3.82. The Morgan fingerprint density at radius 2 is 1.42 bits per heavy atom. The van der Waals surface area contributed by atoms with Crippen LogP contribution in [0, 0.1) is 5.82 Å². The number of nitrogens with one attached hydrogen (secondary N) is 1. The van der Waals surface area contributed by atoms with Gasteiger partial charge in [0.05, 0.1) is 16.5 Å². The summed E-state index contributed by atoms with van der Waals surface area (Å²) in [4.78, 5) is 12.9. The second-order valence-corrected chi connectivity index (χ2v) is 8.90. The monoisotopic (exact) mass is 440 g/mol. The number of benzene rings is 3. The molecule has 1 N–H and O–H groups in total. The highest BCUT2D eigenvalue weighted by Crippen LogP contribution is 2.24. The molecule has 0 radical (unpaired) electrons. The van der Waals surface area contributed by atoms with Crippen LogP contribution in [-0.2, 0) is 10.0 Å². The summed E-state index contributed by atoms with van der Waals surface area (Å²) in [5.41, 5.74) is 1.34. The molecule has 0 aliphatic carbocycles. The van der Waals surface area contributed by atoms with Crippen LogP contribution in [0.4, 0.5) is 4.39 Å². The van der Waals surface area contributed by atoms with E-state index in [-0.39, 0.29) is 23.5 Å². The van der Waals surface area contributed by atoms with Gasteiger partial charge in [-0.1, -0.05) is 74.5 Å². The fourth-order valence-corrected chi connectivity index (χ4v) is 4.90. The summed E-state index contributed by atoms with van der Waals surface area (Å²) in [6, 6.07) is 21.4. The van der Waals surface area contributed by atoms with Gasteiger partial charge in [-0.2, -0.15) is 4.31 Å². The Morgan fingerprint density at radius 3 is 1.90 bits per heavy atom. The first-order valence-electron chi connectivity index (χ1n) is 10.1. The van der Waals surface area contributed by atoms with Crippen molar-refractivity contribution in [1.29, 1.82) is 0 Å². The van der Waals surface area contributed by atoms with Crippen molar-refractivity contribution >= 4 is 15.9 Å². The highest BCUT2D eigenvalue weighted by atomic mass is 32.2. The second kappa shape index (κ2) is 9.85. The van der Waals surface area contributed by atoms with Crippen LogP contribution in [0.5, 0.6) is 0 Å². The highest BCUT2D eigenvalue weighted by molar-refractivity contribution is 7.89. The van der Waals surface area contributed by atoms with Crippen LogP contribution in [-0.4, -0.2) is 31.7 Å². The molecule has 0 atom stereocenters. The molecule has 0 fully saturated rings. The lowest BCUT2D eigenvalue weighted by Crippen LogP contribution is -2.32. The van der Waals surface area contributed by atoms with Crippen LogP contribution in [0.25, 0.3) is 0 Å². The van der Waals surface area contributed by atoms with E-state index in [0.29, 0.717) is 0 Å². The van der Waals surface area contributed by atoms with Gasteiger partial charge in [0, 0.05) is 13.1 Å². The summed E-state index contributed by atoms with van der Waals surface area (Å²) in [5, 5.41) is 2.86. The van der Waals surface area contributed by atoms with Crippen molar-refractivity contribution in [1.82, 2.24) is 9.62 Å². The van der Waals surface area contributed by atoms with Crippen LogP contribution < -0.4 is 5.32 Å². The number of hydrogen-bond acceptors (Lipinski definition) is 3. The Kier molecular flexibility index (Phi) is 7.20. The van der Waals surface area contributed by atoms with E-state index in [1.165, 1.54) is 10.4 Å². The number of halogens is 1. The number of sulfonamides is 1. The van der Waals surface area contributed by atoms with Gasteiger partial charge in [0.2, 0.25) is 10.0 Å². The molecule has 3 rings (SSSR count). The first-order chi connectivity index (χ1) is 14.9. The zero-order chi connectivity index (χ0) is 22.4. The molecule has 0 unspecified atom stereocenters. The molecule has 162 valence electrons. The highest BCUT2D eigenvalue weighted by Gasteiger charge is 2.25. The van der Waals surface area contributed by atoms with Gasteiger partial charge in [-0.25, -0.2) is 12.8 Å². The van der Waals surface area contributed by atoms with Crippen molar-refractivity contribution in [2.75, 3.05) is 13.1 Å². The molecule has 0 spiro atoms. The third-order valence-electron chi connectivity index (χ3n) is 5.07. The average molecular weight is 441 g/mol. The van der Waals surface area contributed by atoms with E-state index in [2.05, 4.69) is 5.32 Å². The number of hydrogen-bond donors (Lipinski definition) is 1. The van der Waals surface area contributed by atoms with Crippen LogP contribution in [0.15, 0.2) is 83.8 Å². The quantitative estimate of drug-likeness (QED) is 0.565. The maximum absolute atomic E-state index is 14.6. The van der Waals surface area contributed by atoms with Gasteiger partial charge in [0.15, 0.2) is 0 Å². The normalized spacial score (nSPS) is 11.6. The predicted octanol–water partition coefficient (Wildman–Crippen LogP) is 4.38. The predicted molar refractivity (Wildman–Crippen MR) is 119 cm³/mol. The van der Waals surface area contributed by atoms with E-state index in [1.807, 2.05) is 60.7 Å². The molecule has 0 heterocycles. The molecule has 0 saturated heterocycles. The Labute approximate surface area is 182 Å². The van der Waals surface area contributed by atoms with Crippen molar-refractivity contribution in [3.8, 4) is 0 Å². The number of rotatable bonds is 8. The number of amides is 1. The Morgan fingerprint density at radius 1 is 0.903 bits per heavy atom. The van der Waals surface area contributed by atoms with Gasteiger partial charge in [-0.05, 0) is 29.3 Å². The summed E-state index contributed by atoms with van der Waals surface area (Å²) in [6.07, 6.45) is 0. The van der Waals surface area contributed by atoms with E-state index in [9.17, 15) is 17.6 Å². The SMILES string of the molecule is CCN(CC)S(=O)(=O)c1ccc(F)c(C(=O)NC(c2ccccc2)c2ccccc2)c1. The molecular weight excluding hydrogens is 415 g/mol. The first kappa shape index (κ1) is 22.7. The fourth-order valence-electron chi connectivity index (χ4n) is 3.41. The molecule has 0 aliphatic heterocycles. The van der Waals surface area contributed by atoms with Gasteiger partial charge in [0.25, 0.3) is 5.91 Å². The third-order valence-corrected chi connectivity index (χ3v) is 7.11. The van der Waals surface area contributed by atoms with Crippen LogP contribution >= 0.6 is 0 Å². The molecule has 1 amide bonds. The number of carbonyl (C=O) groups is 1. The molecule has 0 aliphatic rings. The lowest BCUT2D eigenvalue weighted by molar-refractivity contribution is 0.0938. The lowest BCUT2D eigenvalue weighted by atomic mass is 9.98. The van der Waals surface area contributed by atoms with E-state index in [1.54, 1.807) is 13.8 Å². The Balaban J connectivity index is 1.98. The second-order valence-electron chi connectivity index (χ2n) is 6.96. The standard InChI is InChI=1S/C24H25FN2O3S/c1-3-27(4-2)31(29,30)20-15-16-22(25)21(17-20)24(28)26-23(18-11-7-5-8-12-18)19-13-9-6-10-14-19/h5-17,23H,3-4H2,1-2H3,(H,26,28). The van der Waals surface area contributed by atoms with Gasteiger partial charge in [-0.15, -0.1) is 0 Å². The van der Waals surface area contributed by atoms with Crippen molar-refractivity contribution < 1.29 is 17.6 Å². The molecule has 3 aromatic rings. The van der Waals surface area contributed by atoms with E-state index in [4.69, 9.17) is 0 Å². The zero-order valence-electron chi connectivity index (χ0n) is 17.5. The molecule has 7 heteroatoms. The fraction of sp³-hybridized carbons (Fsp3) is 0.208. The largest absolute Gasteiger partial charge is 0.341 e. The molecule has 0 saturated carbocycles. The maximum Gasteiger partial charge on any atom is 0.255 e. The van der Waals surface area contributed by atoms with E-state index < -0.39 is 27.8 Å². The lowest BCUT2D eigenvalue weighted by Gasteiger charge is -2.21. The van der Waals surface area contributed by atoms with Crippen molar-refractivity contribution in [3.05, 3.63) is 101 Å². The van der Waals surface area contributed by atoms with Crippen molar-refractivity contribution in [3.63, 3.8) is 0 Å². The zero-order valence-corrected chi connectivity index (χ0v) is 18.3. The molecular formula is C24H25FN2O3S. The van der Waals surface area contributed by atoms with Gasteiger partial charge >= 0.3 is 0 Å². The maximum atomic E-state index is 14.6. The van der Waals surface area contributed by atoms with Gasteiger partial charge in [0.1, 0.15) is 5.82 Å². The van der Waals surface area contributed by atoms with Crippen LogP contribution in [0.1, 0.15) is 41.4 Å². The third kappa shape index (κ3) is 5.00. The molecule has 0 aromatic heterocycles. The summed E-state index contributed by atoms with van der Waals surface area (Å²) in [5.74, 6) is -1.47. The molecule has 5 nitrogen and oxygen atoms in total. The molecule has 31 heavy (non-hydrogen) atoms. The number of nitrogens with zero attached hydrogens (tertiary/aromatic N) is 1. The average Bonchev–Trinajstić information content (AvgIpc) is 2.79. The molecule has 3 aromatic carbocycles. The minimum atomic E-state index is -3.82. The summed E-state index contributed by atoms with van der Waals surface area (Å²) in [6.45, 7) is 4.01. The minimum Gasteiger partial charge on any atom is -0.341 e.